The van der Waals surface area contributed by atoms with Gasteiger partial charge >= 0.3 is 0 Å². The third-order valence-electron chi connectivity index (χ3n) is 4.12. The molecule has 156 valence electrons. The summed E-state index contributed by atoms with van der Waals surface area (Å²) in [4.78, 5) is 12.8. The van der Waals surface area contributed by atoms with Gasteiger partial charge in [0.05, 0.1) is 4.90 Å². The normalized spacial score (nSPS) is 11.0. The van der Waals surface area contributed by atoms with Crippen molar-refractivity contribution >= 4 is 54.8 Å². The number of hydrogen-bond donors (Lipinski definition) is 3. The molecule has 0 fully saturated rings. The van der Waals surface area contributed by atoms with Crippen molar-refractivity contribution in [3.05, 3.63) is 89.8 Å². The van der Waals surface area contributed by atoms with E-state index >= 15 is 0 Å². The zero-order valence-corrected chi connectivity index (χ0v) is 18.4. The highest BCUT2D eigenvalue weighted by Crippen LogP contribution is 2.22. The summed E-state index contributed by atoms with van der Waals surface area (Å²) in [5, 5.41) is 6.27. The molecule has 0 spiro atoms. The Morgan fingerprint density at radius 3 is 2.06 bits per heavy atom. The monoisotopic (exact) mass is 496 g/mol. The van der Waals surface area contributed by atoms with E-state index in [1.807, 2.05) is 18.2 Å². The molecule has 0 aliphatic carbocycles. The Morgan fingerprint density at radius 2 is 1.39 bits per heavy atom. The number of anilines is 5. The summed E-state index contributed by atoms with van der Waals surface area (Å²) in [5.74, 6) is 1.85. The second-order valence-corrected chi connectivity index (χ2v) is 8.99. The lowest BCUT2D eigenvalue weighted by Gasteiger charge is -2.10. The van der Waals surface area contributed by atoms with E-state index in [4.69, 9.17) is 0 Å². The van der Waals surface area contributed by atoms with Gasteiger partial charge in [-0.3, -0.25) is 4.72 Å². The number of sulfonamides is 1. The van der Waals surface area contributed by atoms with Gasteiger partial charge in [0.15, 0.2) is 0 Å². The van der Waals surface area contributed by atoms with Crippen molar-refractivity contribution in [2.45, 2.75) is 4.90 Å². The fourth-order valence-electron chi connectivity index (χ4n) is 2.66. The summed E-state index contributed by atoms with van der Waals surface area (Å²) in [6.07, 6.45) is 3.13. The van der Waals surface area contributed by atoms with Crippen LogP contribution in [0.4, 0.5) is 28.8 Å². The Bertz CT molecular complexity index is 1270. The molecule has 0 unspecified atom stereocenters. The molecule has 2 aromatic carbocycles. The van der Waals surface area contributed by atoms with Gasteiger partial charge in [-0.15, -0.1) is 0 Å². The van der Waals surface area contributed by atoms with E-state index in [2.05, 4.69) is 46.2 Å². The summed E-state index contributed by atoms with van der Waals surface area (Å²) >= 11 is 3.30. The highest BCUT2D eigenvalue weighted by Gasteiger charge is 2.13. The van der Waals surface area contributed by atoms with Crippen molar-refractivity contribution in [2.75, 3.05) is 15.4 Å². The average Bonchev–Trinajstić information content (AvgIpc) is 2.76. The summed E-state index contributed by atoms with van der Waals surface area (Å²) < 4.78 is 28.4. The number of rotatable bonds is 7. The Kier molecular flexibility index (Phi) is 6.10. The second kappa shape index (κ2) is 9.11. The minimum Gasteiger partial charge on any atom is -0.340 e. The Hall–Kier alpha value is -3.50. The van der Waals surface area contributed by atoms with Gasteiger partial charge in [-0.2, -0.15) is 0 Å². The summed E-state index contributed by atoms with van der Waals surface area (Å²) in [5.41, 5.74) is 1.20. The van der Waals surface area contributed by atoms with Gasteiger partial charge in [-0.1, -0.05) is 22.0 Å². The number of benzene rings is 2. The van der Waals surface area contributed by atoms with E-state index in [1.54, 1.807) is 48.7 Å². The van der Waals surface area contributed by atoms with Gasteiger partial charge in [0, 0.05) is 28.1 Å². The molecule has 31 heavy (non-hydrogen) atoms. The van der Waals surface area contributed by atoms with Crippen LogP contribution in [-0.4, -0.2) is 23.4 Å². The van der Waals surface area contributed by atoms with E-state index in [0.717, 1.165) is 10.2 Å². The number of halogens is 1. The van der Waals surface area contributed by atoms with Crippen LogP contribution in [-0.2, 0) is 10.0 Å². The molecule has 3 N–H and O–H groups in total. The minimum absolute atomic E-state index is 0.187. The van der Waals surface area contributed by atoms with Crippen LogP contribution in [0.1, 0.15) is 0 Å². The Labute approximate surface area is 188 Å². The zero-order chi connectivity index (χ0) is 21.7. The van der Waals surface area contributed by atoms with Crippen molar-refractivity contribution in [2.24, 2.45) is 0 Å². The van der Waals surface area contributed by atoms with Crippen molar-refractivity contribution in [1.82, 2.24) is 15.0 Å². The molecular weight excluding hydrogens is 480 g/mol. The van der Waals surface area contributed by atoms with Gasteiger partial charge in [-0.25, -0.2) is 23.4 Å². The molecule has 10 heteroatoms. The number of nitrogens with one attached hydrogen (secondary N) is 3. The summed E-state index contributed by atoms with van der Waals surface area (Å²) in [6, 6.07) is 20.6. The maximum atomic E-state index is 12.5. The molecular formula is C21H17BrN6O2S. The molecule has 0 atom stereocenters. The van der Waals surface area contributed by atoms with Crippen molar-refractivity contribution in [3.63, 3.8) is 0 Å². The van der Waals surface area contributed by atoms with Crippen molar-refractivity contribution in [1.29, 1.82) is 0 Å². The van der Waals surface area contributed by atoms with E-state index < -0.39 is 10.0 Å². The van der Waals surface area contributed by atoms with Crippen molar-refractivity contribution in [3.8, 4) is 0 Å². The fourth-order valence-corrected chi connectivity index (χ4v) is 3.98. The molecule has 8 nitrogen and oxygen atoms in total. The lowest BCUT2D eigenvalue weighted by Crippen LogP contribution is -2.12. The first-order valence-corrected chi connectivity index (χ1v) is 11.4. The van der Waals surface area contributed by atoms with Crippen LogP contribution in [0.3, 0.4) is 0 Å². The van der Waals surface area contributed by atoms with Gasteiger partial charge in [0.25, 0.3) is 10.0 Å². The van der Waals surface area contributed by atoms with Gasteiger partial charge < -0.3 is 10.6 Å². The van der Waals surface area contributed by atoms with E-state index in [-0.39, 0.29) is 4.90 Å². The quantitative estimate of drug-likeness (QED) is 0.333. The number of pyridine rings is 1. The molecule has 0 aliphatic heterocycles. The maximum Gasteiger partial charge on any atom is 0.261 e. The molecule has 0 amide bonds. The van der Waals surface area contributed by atoms with Gasteiger partial charge in [0.1, 0.15) is 23.8 Å². The molecule has 2 heterocycles. The molecule has 0 saturated heterocycles. The first-order chi connectivity index (χ1) is 15.0. The highest BCUT2D eigenvalue weighted by molar-refractivity contribution is 9.10. The number of aromatic nitrogens is 3. The van der Waals surface area contributed by atoms with Crippen LogP contribution < -0.4 is 15.4 Å². The Morgan fingerprint density at radius 1 is 0.710 bits per heavy atom. The summed E-state index contributed by atoms with van der Waals surface area (Å²) in [7, 11) is -3.66. The topological polar surface area (TPSA) is 109 Å². The molecule has 2 aromatic heterocycles. The van der Waals surface area contributed by atoms with Crippen LogP contribution in [0.2, 0.25) is 0 Å². The molecule has 0 bridgehead atoms. The average molecular weight is 497 g/mol. The lowest BCUT2D eigenvalue weighted by molar-refractivity contribution is 0.601. The second-order valence-electron chi connectivity index (χ2n) is 6.39. The highest BCUT2D eigenvalue weighted by atomic mass is 79.9. The molecule has 4 aromatic rings. The lowest BCUT2D eigenvalue weighted by atomic mass is 10.3. The molecule has 0 radical (unpaired) electrons. The predicted octanol–water partition coefficient (Wildman–Crippen LogP) is 4.92. The number of hydrogen-bond acceptors (Lipinski definition) is 7. The standard InChI is InChI=1S/C21H17BrN6O2S/c22-15-4-10-18(11-5-15)31(29,30)28-17-8-6-16(7-9-17)26-20-13-21(25-14-24-20)27-19-3-1-2-12-23-19/h1-14,28H,(H2,23,24,25,26,27). The zero-order valence-electron chi connectivity index (χ0n) is 16.0. The fraction of sp³-hybridized carbons (Fsp3) is 0. The summed E-state index contributed by atoms with van der Waals surface area (Å²) in [6.45, 7) is 0. The molecule has 0 aliphatic rings. The number of nitrogens with zero attached hydrogens (tertiary/aromatic N) is 3. The maximum absolute atomic E-state index is 12.5. The first-order valence-electron chi connectivity index (χ1n) is 9.13. The molecule has 0 saturated carbocycles. The Balaban J connectivity index is 1.43. The van der Waals surface area contributed by atoms with Crippen LogP contribution in [0, 0.1) is 0 Å². The van der Waals surface area contributed by atoms with Gasteiger partial charge in [-0.05, 0) is 60.7 Å². The van der Waals surface area contributed by atoms with Crippen LogP contribution in [0.5, 0.6) is 0 Å². The van der Waals surface area contributed by atoms with E-state index in [0.29, 0.717) is 23.1 Å². The predicted molar refractivity (Wildman–Crippen MR) is 124 cm³/mol. The van der Waals surface area contributed by atoms with Crippen LogP contribution in [0.15, 0.2) is 94.7 Å². The third-order valence-corrected chi connectivity index (χ3v) is 6.05. The van der Waals surface area contributed by atoms with Gasteiger partial charge in [0.2, 0.25) is 0 Å². The third kappa shape index (κ3) is 5.56. The largest absolute Gasteiger partial charge is 0.340 e. The van der Waals surface area contributed by atoms with Crippen molar-refractivity contribution < 1.29 is 8.42 Å². The van der Waals surface area contributed by atoms with E-state index in [9.17, 15) is 8.42 Å². The molecule has 4 rings (SSSR count). The van der Waals surface area contributed by atoms with Crippen LogP contribution >= 0.6 is 15.9 Å². The SMILES string of the molecule is O=S(=O)(Nc1ccc(Nc2cc(Nc3ccccn3)ncn2)cc1)c1ccc(Br)cc1. The smallest absolute Gasteiger partial charge is 0.261 e. The van der Waals surface area contributed by atoms with E-state index in [1.165, 1.54) is 18.5 Å². The van der Waals surface area contributed by atoms with Crippen LogP contribution in [0.25, 0.3) is 0 Å². The first kappa shape index (κ1) is 20.8. The minimum atomic E-state index is -3.66.